The van der Waals surface area contributed by atoms with E-state index in [4.69, 9.17) is 0 Å². The summed E-state index contributed by atoms with van der Waals surface area (Å²) in [6.45, 7) is 26.6. The second kappa shape index (κ2) is 14.0. The van der Waals surface area contributed by atoms with Gasteiger partial charge in [0.2, 0.25) is 0 Å². The van der Waals surface area contributed by atoms with E-state index in [1.54, 1.807) is 22.3 Å². The first kappa shape index (κ1) is 41.7. The molecular weight excluding hydrogens is 811 g/mol. The molecule has 4 saturated carbocycles. The molecule has 1 atom stereocenters. The summed E-state index contributed by atoms with van der Waals surface area (Å²) in [6, 6.07) is 20.5. The Balaban J connectivity index is 0.00000228. The van der Waals surface area contributed by atoms with E-state index >= 15 is 0 Å². The molecule has 298 valence electrons. The van der Waals surface area contributed by atoms with Crippen molar-refractivity contribution in [1.29, 1.82) is 0 Å². The van der Waals surface area contributed by atoms with E-state index in [-0.39, 0.29) is 41.1 Å². The fraction of sp³-hybridized carbons (Fsp3) is 0.500. The van der Waals surface area contributed by atoms with Gasteiger partial charge >= 0.3 is 343 Å². The molecule has 0 aromatic heterocycles. The summed E-state index contributed by atoms with van der Waals surface area (Å²) in [4.78, 5) is 0. The summed E-state index contributed by atoms with van der Waals surface area (Å²) >= 11 is -2.72. The first-order valence-electron chi connectivity index (χ1n) is 21.9. The minimum Gasteiger partial charge on any atom is -1.00 e. The molecule has 0 nitrogen and oxygen atoms in total. The van der Waals surface area contributed by atoms with E-state index in [1.807, 2.05) is 3.28 Å². The zero-order chi connectivity index (χ0) is 38.6. The quantitative estimate of drug-likeness (QED) is 0.242. The summed E-state index contributed by atoms with van der Waals surface area (Å²) in [5.41, 5.74) is 22.3. The molecule has 4 fully saturated rings. The molecule has 0 amide bonds. The Kier molecular flexibility index (Phi) is 10.2. The Labute approximate surface area is 365 Å². The van der Waals surface area contributed by atoms with Gasteiger partial charge in [0, 0.05) is 0 Å². The van der Waals surface area contributed by atoms with Gasteiger partial charge in [0.15, 0.2) is 0 Å². The number of hydrogen-bond donors (Lipinski definition) is 0. The third kappa shape index (κ3) is 6.65. The van der Waals surface area contributed by atoms with Crippen LogP contribution >= 0.6 is 0 Å². The van der Waals surface area contributed by atoms with Crippen LogP contribution in [0.5, 0.6) is 0 Å². The van der Waals surface area contributed by atoms with E-state index in [1.165, 1.54) is 101 Å². The van der Waals surface area contributed by atoms with Crippen molar-refractivity contribution in [2.24, 2.45) is 29.1 Å². The summed E-state index contributed by atoms with van der Waals surface area (Å²) in [7, 11) is 0. The molecule has 0 N–H and O–H groups in total. The van der Waals surface area contributed by atoms with E-state index in [0.29, 0.717) is 15.0 Å². The van der Waals surface area contributed by atoms with Gasteiger partial charge in [-0.2, -0.15) is 0 Å². The van der Waals surface area contributed by atoms with Gasteiger partial charge in [-0.05, 0) is 0 Å². The topological polar surface area (TPSA) is 0 Å². The van der Waals surface area contributed by atoms with Crippen molar-refractivity contribution in [3.8, 4) is 11.1 Å². The maximum atomic E-state index is 2.90. The van der Waals surface area contributed by atoms with Crippen molar-refractivity contribution < 1.29 is 46.1 Å². The summed E-state index contributed by atoms with van der Waals surface area (Å²) < 4.78 is 5.23. The van der Waals surface area contributed by atoms with Crippen LogP contribution in [0.15, 0.2) is 81.2 Å². The van der Waals surface area contributed by atoms with Crippen LogP contribution in [0.1, 0.15) is 169 Å². The third-order valence-corrected chi connectivity index (χ3v) is 24.1. The van der Waals surface area contributed by atoms with Gasteiger partial charge in [-0.3, -0.25) is 0 Å². The van der Waals surface area contributed by atoms with Crippen molar-refractivity contribution in [3.63, 3.8) is 0 Å². The predicted molar refractivity (Wildman–Crippen MR) is 233 cm³/mol. The zero-order valence-electron chi connectivity index (χ0n) is 36.5. The Morgan fingerprint density at radius 3 is 1.61 bits per heavy atom. The molecule has 8 aliphatic rings. The predicted octanol–water partition coefficient (Wildman–Crippen LogP) is 8.38. The maximum absolute atomic E-state index is 2.90. The van der Waals surface area contributed by atoms with E-state index < -0.39 is 21.3 Å². The van der Waals surface area contributed by atoms with Gasteiger partial charge in [-0.25, -0.2) is 0 Å². The fourth-order valence-corrected chi connectivity index (χ4v) is 22.7. The average Bonchev–Trinajstić information content (AvgIpc) is 3.71. The Morgan fingerprint density at radius 2 is 1.16 bits per heavy atom. The molecule has 3 aromatic carbocycles. The molecule has 0 saturated heterocycles. The van der Waals surface area contributed by atoms with Crippen molar-refractivity contribution in [3.05, 3.63) is 126 Å². The van der Waals surface area contributed by atoms with Crippen LogP contribution in [0.25, 0.3) is 22.3 Å². The summed E-state index contributed by atoms with van der Waals surface area (Å²) in [6.07, 6.45) is 18.3. The smallest absolute Gasteiger partial charge is 1.00 e. The van der Waals surface area contributed by atoms with Gasteiger partial charge in [-0.1, -0.05) is 0 Å². The number of rotatable bonds is 5. The Bertz CT molecular complexity index is 2230. The number of benzene rings is 3. The van der Waals surface area contributed by atoms with Crippen LogP contribution in [-0.4, -0.2) is 3.71 Å². The number of fused-ring (bicyclic) bond motifs is 5. The number of halogens is 2. The van der Waals surface area contributed by atoms with Crippen molar-refractivity contribution >= 4 is 14.9 Å². The van der Waals surface area contributed by atoms with Crippen molar-refractivity contribution in [2.75, 3.05) is 0 Å². The van der Waals surface area contributed by atoms with Gasteiger partial charge in [0.05, 0.1) is 0 Å². The Hall–Kier alpha value is -2.05. The molecular formula is C54H64Cl2Zr. The van der Waals surface area contributed by atoms with Crippen LogP contribution < -0.4 is 24.8 Å². The normalized spacial score (nSPS) is 28.3. The third-order valence-electron chi connectivity index (χ3n) is 15.9. The molecule has 0 heterocycles. The van der Waals surface area contributed by atoms with Crippen molar-refractivity contribution in [2.45, 2.75) is 141 Å². The molecule has 3 aromatic rings. The Morgan fingerprint density at radius 1 is 0.684 bits per heavy atom. The van der Waals surface area contributed by atoms with E-state index in [9.17, 15) is 0 Å². The molecule has 4 bridgehead atoms. The molecule has 57 heavy (non-hydrogen) atoms. The first-order valence-corrected chi connectivity index (χ1v) is 26.0. The van der Waals surface area contributed by atoms with E-state index in [0.717, 1.165) is 17.8 Å². The van der Waals surface area contributed by atoms with Crippen LogP contribution in [0.4, 0.5) is 0 Å². The molecule has 0 spiro atoms. The van der Waals surface area contributed by atoms with Gasteiger partial charge in [0.25, 0.3) is 0 Å². The van der Waals surface area contributed by atoms with Crippen molar-refractivity contribution in [1.82, 2.24) is 0 Å². The van der Waals surface area contributed by atoms with E-state index in [2.05, 4.69) is 147 Å². The minimum absolute atomic E-state index is 0. The molecule has 11 rings (SSSR count). The number of allylic oxidation sites excluding steroid dienone is 8. The second-order valence-electron chi connectivity index (χ2n) is 22.1. The van der Waals surface area contributed by atoms with Gasteiger partial charge < -0.3 is 24.8 Å². The van der Waals surface area contributed by atoms with Crippen LogP contribution in [0.3, 0.4) is 0 Å². The summed E-state index contributed by atoms with van der Waals surface area (Å²) in [5, 5.41) is 0. The standard InChI is InChI=1S/C25H25.C18H25.C11H14.2ClH.Zr/c1-14-12-24(3,4)22-8-16-7-17-9-23-19(15(2)13-25(23,5)6)11-21(17)20(16)10-18(14)22;1-12-3-13(2)17(4-12)11-18-8-14-5-15(9-18)7-16(6-14)10-18;1-9-5-7-10(8-6-9)11(2,3)4;;;/h7-13H,1-6H3;4,12,14-16H,5-11H2,1-2H3;1,5-8H,2-4H3;2*1H;/q;;;;;+2/p-2. The zero-order valence-corrected chi connectivity index (χ0v) is 40.5. The van der Waals surface area contributed by atoms with Crippen LogP contribution in [0, 0.1) is 29.1 Å². The number of hydrogen-bond acceptors (Lipinski definition) is 0. The van der Waals surface area contributed by atoms with Gasteiger partial charge in [0.1, 0.15) is 0 Å². The molecule has 8 aliphatic carbocycles. The first-order chi connectivity index (χ1) is 25.9. The molecule has 0 aliphatic heterocycles. The summed E-state index contributed by atoms with van der Waals surface area (Å²) in [5.74, 6) is 3.53. The SMILES string of the molecule is CC1=CC(C)(C)c2cc3c(cc21)-c1cc2c(cc1[CH]3/[Zr+2](=[CH]/c1ccc(C(C)(C)C)cc1)[C]1=C(C)C(CC34CC5CC(CC(C5)C3)C4)=CC1C)C(C)(C)C=C2C.[Cl-].[Cl-]. The average molecular weight is 875 g/mol. The monoisotopic (exact) mass is 872 g/mol. The molecule has 3 heteroatoms. The fourth-order valence-electron chi connectivity index (χ4n) is 14.0. The molecule has 0 radical (unpaired) electrons. The second-order valence-corrected chi connectivity index (χ2v) is 27.8. The molecule has 1 unspecified atom stereocenters. The maximum Gasteiger partial charge on any atom is -1.00 e. The largest absolute Gasteiger partial charge is 1.00 e. The van der Waals surface area contributed by atoms with Gasteiger partial charge in [-0.15, -0.1) is 0 Å². The van der Waals surface area contributed by atoms with Crippen LogP contribution in [-0.2, 0) is 37.5 Å². The minimum atomic E-state index is -2.72. The van der Waals surface area contributed by atoms with Crippen LogP contribution in [0.2, 0.25) is 0 Å².